The van der Waals surface area contributed by atoms with Gasteiger partial charge in [0.2, 0.25) is 0 Å². The average Bonchev–Trinajstić information content (AvgIpc) is 4.03. The first-order valence-corrected chi connectivity index (χ1v) is 24.3. The second-order valence-electron chi connectivity index (χ2n) is 17.8. The molecule has 0 amide bonds. The van der Waals surface area contributed by atoms with Gasteiger partial charge in [0.05, 0.1) is 33.4 Å². The average molecular weight is 853 g/mol. The summed E-state index contributed by atoms with van der Waals surface area (Å²) in [6.45, 7) is 6.99. The van der Waals surface area contributed by atoms with Crippen molar-refractivity contribution in [2.75, 3.05) is 0 Å². The molecule has 0 spiro atoms. The van der Waals surface area contributed by atoms with Crippen molar-refractivity contribution in [3.8, 4) is 44.8 Å². The van der Waals surface area contributed by atoms with Crippen LogP contribution in [-0.4, -0.2) is 9.13 Å². The molecule has 3 aromatic heterocycles. The molecule has 312 valence electrons. The number of rotatable bonds is 7. The number of nitrogens with zero attached hydrogens (tertiary/aromatic N) is 2. The third-order valence-corrected chi connectivity index (χ3v) is 15.7. The van der Waals surface area contributed by atoms with Crippen LogP contribution in [0, 0.1) is 0 Å². The summed E-state index contributed by atoms with van der Waals surface area (Å²) in [6, 6.07) is 67.0. The molecule has 0 radical (unpaired) electrons. The van der Waals surface area contributed by atoms with Crippen molar-refractivity contribution < 1.29 is 0 Å². The van der Waals surface area contributed by atoms with Crippen LogP contribution in [0.1, 0.15) is 48.6 Å². The van der Waals surface area contributed by atoms with Gasteiger partial charge in [-0.1, -0.05) is 154 Å². The molecule has 3 heterocycles. The number of fused-ring (bicyclic) bond motifs is 14. The van der Waals surface area contributed by atoms with E-state index in [0.717, 1.165) is 32.1 Å². The first-order chi connectivity index (χ1) is 32.2. The maximum absolute atomic E-state index is 2.67. The van der Waals surface area contributed by atoms with Crippen LogP contribution in [-0.2, 0) is 32.1 Å². The predicted molar refractivity (Wildman–Crippen MR) is 280 cm³/mol. The van der Waals surface area contributed by atoms with Gasteiger partial charge in [-0.2, -0.15) is 0 Å². The van der Waals surface area contributed by atoms with Crippen LogP contribution in [0.25, 0.3) is 109 Å². The Morgan fingerprint density at radius 1 is 0.385 bits per heavy atom. The van der Waals surface area contributed by atoms with Crippen molar-refractivity contribution in [1.82, 2.24) is 9.13 Å². The molecule has 0 saturated carbocycles. The van der Waals surface area contributed by atoms with Gasteiger partial charge < -0.3 is 9.13 Å². The van der Waals surface area contributed by atoms with Crippen LogP contribution in [0.4, 0.5) is 0 Å². The molecule has 1 aliphatic carbocycles. The second kappa shape index (κ2) is 14.9. The molecule has 3 heteroatoms. The first kappa shape index (κ1) is 38.3. The van der Waals surface area contributed by atoms with Crippen molar-refractivity contribution in [3.05, 3.63) is 204 Å². The van der Waals surface area contributed by atoms with E-state index < -0.39 is 0 Å². The Morgan fingerprint density at radius 3 is 1.57 bits per heavy atom. The van der Waals surface area contributed by atoms with E-state index in [9.17, 15) is 0 Å². The number of hydrogen-bond donors (Lipinski definition) is 0. The lowest BCUT2D eigenvalue weighted by Crippen LogP contribution is -2.11. The zero-order chi connectivity index (χ0) is 43.3. The van der Waals surface area contributed by atoms with Crippen molar-refractivity contribution in [3.63, 3.8) is 0 Å². The zero-order valence-electron chi connectivity index (χ0n) is 37.1. The Labute approximate surface area is 383 Å². The van der Waals surface area contributed by atoms with Crippen LogP contribution >= 0.6 is 11.3 Å². The molecular formula is C62H48N2S. The predicted octanol–water partition coefficient (Wildman–Crippen LogP) is 17.0. The normalized spacial score (nSPS) is 12.6. The van der Waals surface area contributed by atoms with Gasteiger partial charge in [-0.25, -0.2) is 0 Å². The summed E-state index contributed by atoms with van der Waals surface area (Å²) in [5.74, 6) is 0. The lowest BCUT2D eigenvalue weighted by Gasteiger charge is -2.27. The molecule has 12 aromatic rings. The van der Waals surface area contributed by atoms with Gasteiger partial charge >= 0.3 is 0 Å². The number of thiophene rings is 1. The van der Waals surface area contributed by atoms with E-state index in [4.69, 9.17) is 0 Å². The van der Waals surface area contributed by atoms with E-state index in [1.807, 2.05) is 11.3 Å². The third-order valence-electron chi connectivity index (χ3n) is 14.6. The fourth-order valence-electron chi connectivity index (χ4n) is 11.8. The first-order valence-electron chi connectivity index (χ1n) is 23.5. The number of para-hydroxylation sites is 2. The SMILES string of the molecule is CCc1ccccc1-c1cc(-c2ccccc2CC)c(-n2c3ccccc3c3c4c(ccc32)sc2ccccc24)c(CC)c1-n1c2ccccc2c2c3c(ccc21)CCc1ccccc1-3. The van der Waals surface area contributed by atoms with Crippen LogP contribution < -0.4 is 0 Å². The molecule has 0 atom stereocenters. The molecule has 9 aromatic carbocycles. The Hall–Kier alpha value is -7.20. The molecule has 0 N–H and O–H groups in total. The summed E-state index contributed by atoms with van der Waals surface area (Å²) in [4.78, 5) is 0. The van der Waals surface area contributed by atoms with Gasteiger partial charge in [-0.05, 0) is 119 Å². The van der Waals surface area contributed by atoms with Gasteiger partial charge in [-0.15, -0.1) is 11.3 Å². The monoisotopic (exact) mass is 852 g/mol. The summed E-state index contributed by atoms with van der Waals surface area (Å²) in [6.07, 6.45) is 4.82. The van der Waals surface area contributed by atoms with Gasteiger partial charge in [-0.3, -0.25) is 0 Å². The van der Waals surface area contributed by atoms with E-state index in [0.29, 0.717) is 0 Å². The molecule has 13 rings (SSSR count). The molecular weight excluding hydrogens is 805 g/mol. The van der Waals surface area contributed by atoms with Gasteiger partial charge in [0, 0.05) is 58.4 Å². The zero-order valence-corrected chi connectivity index (χ0v) is 37.9. The van der Waals surface area contributed by atoms with E-state index in [1.165, 1.54) is 136 Å². The molecule has 0 aliphatic heterocycles. The molecule has 65 heavy (non-hydrogen) atoms. The Balaban J connectivity index is 1.27. The molecule has 1 aliphatic rings. The highest BCUT2D eigenvalue weighted by Crippen LogP contribution is 2.51. The highest BCUT2D eigenvalue weighted by molar-refractivity contribution is 7.26. The fraction of sp³-hybridized carbons (Fsp3) is 0.129. The molecule has 0 bridgehead atoms. The summed E-state index contributed by atoms with van der Waals surface area (Å²) in [5, 5.41) is 7.96. The van der Waals surface area contributed by atoms with Gasteiger partial charge in [0.15, 0.2) is 0 Å². The van der Waals surface area contributed by atoms with Crippen molar-refractivity contribution in [1.29, 1.82) is 0 Å². The summed E-state index contributed by atoms with van der Waals surface area (Å²) in [5.41, 5.74) is 22.3. The summed E-state index contributed by atoms with van der Waals surface area (Å²) >= 11 is 1.90. The van der Waals surface area contributed by atoms with E-state index in [1.54, 1.807) is 0 Å². The molecule has 0 unspecified atom stereocenters. The topological polar surface area (TPSA) is 9.86 Å². The number of aromatic nitrogens is 2. The minimum atomic E-state index is 0.827. The molecule has 2 nitrogen and oxygen atoms in total. The molecule has 0 fully saturated rings. The lowest BCUT2D eigenvalue weighted by atomic mass is 9.83. The van der Waals surface area contributed by atoms with Gasteiger partial charge in [0.25, 0.3) is 0 Å². The number of benzene rings is 9. The highest BCUT2D eigenvalue weighted by Gasteiger charge is 2.30. The lowest BCUT2D eigenvalue weighted by molar-refractivity contribution is 0.944. The summed E-state index contributed by atoms with van der Waals surface area (Å²) < 4.78 is 7.98. The van der Waals surface area contributed by atoms with E-state index in [2.05, 4.69) is 206 Å². The quantitative estimate of drug-likeness (QED) is 0.151. The van der Waals surface area contributed by atoms with Crippen molar-refractivity contribution in [2.24, 2.45) is 0 Å². The Morgan fingerprint density at radius 2 is 0.908 bits per heavy atom. The van der Waals surface area contributed by atoms with Crippen molar-refractivity contribution in [2.45, 2.75) is 52.9 Å². The highest BCUT2D eigenvalue weighted by atomic mass is 32.1. The van der Waals surface area contributed by atoms with Crippen LogP contribution in [0.2, 0.25) is 0 Å². The third kappa shape index (κ3) is 5.52. The fourth-order valence-corrected chi connectivity index (χ4v) is 12.9. The maximum atomic E-state index is 2.67. The maximum Gasteiger partial charge on any atom is 0.0593 e. The van der Waals surface area contributed by atoms with Gasteiger partial charge in [0.1, 0.15) is 0 Å². The second-order valence-corrected chi connectivity index (χ2v) is 18.9. The Kier molecular flexibility index (Phi) is 8.80. The summed E-state index contributed by atoms with van der Waals surface area (Å²) in [7, 11) is 0. The van der Waals surface area contributed by atoms with Crippen LogP contribution in [0.15, 0.2) is 176 Å². The largest absolute Gasteiger partial charge is 0.308 e. The molecule has 0 saturated heterocycles. The number of hydrogen-bond acceptors (Lipinski definition) is 1. The van der Waals surface area contributed by atoms with E-state index in [-0.39, 0.29) is 0 Å². The Bertz CT molecular complexity index is 3910. The minimum Gasteiger partial charge on any atom is -0.308 e. The smallest absolute Gasteiger partial charge is 0.0593 e. The minimum absolute atomic E-state index is 0.827. The van der Waals surface area contributed by atoms with Crippen LogP contribution in [0.5, 0.6) is 0 Å². The number of aryl methyl sites for hydroxylation is 4. The van der Waals surface area contributed by atoms with Crippen LogP contribution in [0.3, 0.4) is 0 Å². The standard InChI is InChI=1S/C62H48N2S/c1-4-38-19-7-10-22-43(38)49-37-50(44-23-11-8-20-39(44)5-2)62(64-52-29-17-14-26-47(52)59-54(64)35-36-56-60(59)48-27-15-18-30-55(48)65-56)42(6-3)61(49)63-51-28-16-13-25-46(51)58-53(63)34-33-41-32-31-40-21-9-12-24-45(40)57(41)58/h7-30,33-37H,4-6,31-32H2,1-3H3. The van der Waals surface area contributed by atoms with Crippen molar-refractivity contribution >= 4 is 75.1 Å². The van der Waals surface area contributed by atoms with E-state index >= 15 is 0 Å².